The zero-order valence-electron chi connectivity index (χ0n) is 11.1. The Labute approximate surface area is 117 Å². The summed E-state index contributed by atoms with van der Waals surface area (Å²) in [6, 6.07) is 7.64. The number of benzene rings is 1. The van der Waals surface area contributed by atoms with Crippen LogP contribution in [0, 0.1) is 17.1 Å². The molecule has 104 valence electrons. The van der Waals surface area contributed by atoms with Crippen molar-refractivity contribution in [2.24, 2.45) is 0 Å². The quantitative estimate of drug-likeness (QED) is 0.680. The van der Waals surface area contributed by atoms with E-state index >= 15 is 0 Å². The van der Waals surface area contributed by atoms with Gasteiger partial charge in [0, 0.05) is 25.0 Å². The molecule has 0 spiro atoms. The third-order valence-corrected chi connectivity index (χ3v) is 3.22. The van der Waals surface area contributed by atoms with Crippen molar-refractivity contribution in [1.82, 2.24) is 4.90 Å². The number of nitrogens with zero attached hydrogens (tertiary/aromatic N) is 2. The van der Waals surface area contributed by atoms with Gasteiger partial charge in [0.1, 0.15) is 17.5 Å². The highest BCUT2D eigenvalue weighted by Gasteiger charge is 2.19. The van der Waals surface area contributed by atoms with E-state index in [-0.39, 0.29) is 17.3 Å². The van der Waals surface area contributed by atoms with Gasteiger partial charge in [-0.3, -0.25) is 4.79 Å². The molecule has 0 saturated carbocycles. The second-order valence-electron chi connectivity index (χ2n) is 4.67. The summed E-state index contributed by atoms with van der Waals surface area (Å²) in [5.41, 5.74) is 0.696. The van der Waals surface area contributed by atoms with Crippen LogP contribution in [0.25, 0.3) is 0 Å². The second-order valence-corrected chi connectivity index (χ2v) is 4.67. The molecule has 1 amide bonds. The molecule has 1 aliphatic heterocycles. The molecule has 1 heterocycles. The number of carbonyl (C=O) groups is 1. The summed E-state index contributed by atoms with van der Waals surface area (Å²) in [6.45, 7) is 1.41. The monoisotopic (exact) mass is 273 g/mol. The lowest BCUT2D eigenvalue weighted by Crippen LogP contribution is -2.36. The van der Waals surface area contributed by atoms with Crippen molar-refractivity contribution < 1.29 is 9.18 Å². The van der Waals surface area contributed by atoms with E-state index in [1.807, 2.05) is 6.07 Å². The first kappa shape index (κ1) is 14.1. The Hall–Kier alpha value is -2.35. The minimum Gasteiger partial charge on any atom is -0.360 e. The Kier molecular flexibility index (Phi) is 4.72. The number of halogens is 1. The fourth-order valence-corrected chi connectivity index (χ4v) is 2.11. The highest BCUT2D eigenvalue weighted by Crippen LogP contribution is 2.13. The Morgan fingerprint density at radius 2 is 1.90 bits per heavy atom. The van der Waals surface area contributed by atoms with Crippen molar-refractivity contribution in [3.05, 3.63) is 41.9 Å². The van der Waals surface area contributed by atoms with Crippen molar-refractivity contribution in [1.29, 1.82) is 5.26 Å². The van der Waals surface area contributed by atoms with Crippen LogP contribution in [0.4, 0.5) is 10.1 Å². The number of nitrogens with one attached hydrogen (secondary N) is 1. The van der Waals surface area contributed by atoms with E-state index in [9.17, 15) is 9.18 Å². The molecule has 2 rings (SSSR count). The average Bonchev–Trinajstić information content (AvgIpc) is 2.50. The van der Waals surface area contributed by atoms with E-state index in [1.54, 1.807) is 17.0 Å². The molecule has 0 aromatic heterocycles. The largest absolute Gasteiger partial charge is 0.360 e. The van der Waals surface area contributed by atoms with Crippen LogP contribution in [0.3, 0.4) is 0 Å². The summed E-state index contributed by atoms with van der Waals surface area (Å²) >= 11 is 0. The zero-order valence-corrected chi connectivity index (χ0v) is 11.1. The second kappa shape index (κ2) is 6.71. The van der Waals surface area contributed by atoms with Gasteiger partial charge in [0.05, 0.1) is 0 Å². The van der Waals surface area contributed by atoms with Gasteiger partial charge in [0.25, 0.3) is 5.91 Å². The molecule has 1 N–H and O–H groups in total. The van der Waals surface area contributed by atoms with Crippen LogP contribution in [-0.4, -0.2) is 23.9 Å². The number of likely N-dealkylation sites (tertiary alicyclic amines) is 1. The lowest BCUT2D eigenvalue weighted by Gasteiger charge is -2.26. The summed E-state index contributed by atoms with van der Waals surface area (Å²) in [5, 5.41) is 11.9. The van der Waals surface area contributed by atoms with Crippen molar-refractivity contribution >= 4 is 11.6 Å². The van der Waals surface area contributed by atoms with Gasteiger partial charge in [-0.1, -0.05) is 0 Å². The molecule has 1 saturated heterocycles. The number of carbonyl (C=O) groups excluding carboxylic acids is 1. The smallest absolute Gasteiger partial charge is 0.266 e. The average molecular weight is 273 g/mol. The summed E-state index contributed by atoms with van der Waals surface area (Å²) in [6.07, 6.45) is 4.47. The third kappa shape index (κ3) is 3.58. The normalized spacial score (nSPS) is 15.6. The number of piperidine rings is 1. The number of anilines is 1. The van der Waals surface area contributed by atoms with E-state index < -0.39 is 0 Å². The highest BCUT2D eigenvalue weighted by atomic mass is 19.1. The van der Waals surface area contributed by atoms with Gasteiger partial charge in [-0.2, -0.15) is 5.26 Å². The molecule has 0 unspecified atom stereocenters. The Morgan fingerprint density at radius 1 is 1.25 bits per heavy atom. The Balaban J connectivity index is 2.03. The predicted octanol–water partition coefficient (Wildman–Crippen LogP) is 2.66. The summed E-state index contributed by atoms with van der Waals surface area (Å²) < 4.78 is 12.8. The van der Waals surface area contributed by atoms with Crippen molar-refractivity contribution in [2.45, 2.75) is 19.3 Å². The molecule has 1 aliphatic rings. The molecule has 0 aliphatic carbocycles. The van der Waals surface area contributed by atoms with Crippen molar-refractivity contribution in [3.8, 4) is 6.07 Å². The van der Waals surface area contributed by atoms with E-state index in [1.165, 1.54) is 18.3 Å². The van der Waals surface area contributed by atoms with Crippen LogP contribution in [-0.2, 0) is 4.79 Å². The molecule has 0 radical (unpaired) electrons. The molecule has 1 fully saturated rings. The maximum atomic E-state index is 12.8. The van der Waals surface area contributed by atoms with Gasteiger partial charge in [-0.25, -0.2) is 4.39 Å². The SMILES string of the molecule is N#C/C(=C/Nc1ccc(F)cc1)C(=O)N1CCCCC1. The van der Waals surface area contributed by atoms with Gasteiger partial charge in [-0.05, 0) is 43.5 Å². The Bertz CT molecular complexity index is 539. The van der Waals surface area contributed by atoms with Crippen LogP contribution in [0.5, 0.6) is 0 Å². The fourth-order valence-electron chi connectivity index (χ4n) is 2.11. The van der Waals surface area contributed by atoms with Crippen LogP contribution in [0.1, 0.15) is 19.3 Å². The minimum absolute atomic E-state index is 0.0659. The van der Waals surface area contributed by atoms with Crippen molar-refractivity contribution in [2.75, 3.05) is 18.4 Å². The lowest BCUT2D eigenvalue weighted by molar-refractivity contribution is -0.127. The first-order valence-corrected chi connectivity index (χ1v) is 6.62. The van der Waals surface area contributed by atoms with E-state index in [0.717, 1.165) is 19.3 Å². The number of hydrogen-bond acceptors (Lipinski definition) is 3. The molecule has 0 atom stereocenters. The van der Waals surface area contributed by atoms with E-state index in [2.05, 4.69) is 5.32 Å². The fraction of sp³-hybridized carbons (Fsp3) is 0.333. The van der Waals surface area contributed by atoms with Gasteiger partial charge in [0.2, 0.25) is 0 Å². The highest BCUT2D eigenvalue weighted by molar-refractivity contribution is 5.97. The van der Waals surface area contributed by atoms with Gasteiger partial charge < -0.3 is 10.2 Å². The maximum absolute atomic E-state index is 12.8. The maximum Gasteiger partial charge on any atom is 0.266 e. The standard InChI is InChI=1S/C15H16FN3O/c16-13-4-6-14(7-5-13)18-11-12(10-17)15(20)19-8-2-1-3-9-19/h4-7,11,18H,1-3,8-9H2/b12-11-. The molecule has 5 heteroatoms. The summed E-state index contributed by atoms with van der Waals surface area (Å²) in [4.78, 5) is 13.8. The van der Waals surface area contributed by atoms with Gasteiger partial charge in [0.15, 0.2) is 0 Å². The van der Waals surface area contributed by atoms with E-state index in [4.69, 9.17) is 5.26 Å². The Morgan fingerprint density at radius 3 is 2.50 bits per heavy atom. The van der Waals surface area contributed by atoms with Crippen molar-refractivity contribution in [3.63, 3.8) is 0 Å². The third-order valence-electron chi connectivity index (χ3n) is 3.22. The predicted molar refractivity (Wildman–Crippen MR) is 74.1 cm³/mol. The van der Waals surface area contributed by atoms with Crippen LogP contribution in [0.2, 0.25) is 0 Å². The molecule has 1 aromatic carbocycles. The van der Waals surface area contributed by atoms with Gasteiger partial charge in [-0.15, -0.1) is 0 Å². The zero-order chi connectivity index (χ0) is 14.4. The lowest BCUT2D eigenvalue weighted by atomic mass is 10.1. The molecule has 0 bridgehead atoms. The van der Waals surface area contributed by atoms with Crippen LogP contribution >= 0.6 is 0 Å². The molecule has 20 heavy (non-hydrogen) atoms. The summed E-state index contributed by atoms with van der Waals surface area (Å²) in [7, 11) is 0. The number of hydrogen-bond donors (Lipinski definition) is 1. The van der Waals surface area contributed by atoms with Crippen LogP contribution in [0.15, 0.2) is 36.0 Å². The van der Waals surface area contributed by atoms with E-state index in [0.29, 0.717) is 18.8 Å². The van der Waals surface area contributed by atoms with Gasteiger partial charge >= 0.3 is 0 Å². The summed E-state index contributed by atoms with van der Waals surface area (Å²) in [5.74, 6) is -0.578. The minimum atomic E-state index is -0.329. The molecular formula is C15H16FN3O. The topological polar surface area (TPSA) is 56.1 Å². The number of rotatable bonds is 3. The first-order chi connectivity index (χ1) is 9.70. The number of nitriles is 1. The molecular weight excluding hydrogens is 257 g/mol. The first-order valence-electron chi connectivity index (χ1n) is 6.62. The molecule has 4 nitrogen and oxygen atoms in total. The molecule has 1 aromatic rings. The van der Waals surface area contributed by atoms with Crippen LogP contribution < -0.4 is 5.32 Å². The number of amides is 1.